The summed E-state index contributed by atoms with van der Waals surface area (Å²) in [5.41, 5.74) is 0.178. The Kier molecular flexibility index (Phi) is 3.07. The third-order valence-electron chi connectivity index (χ3n) is 3.14. The van der Waals surface area contributed by atoms with E-state index in [1.165, 1.54) is 10.9 Å². The van der Waals surface area contributed by atoms with E-state index in [-0.39, 0.29) is 21.9 Å². The average molecular weight is 256 g/mol. The summed E-state index contributed by atoms with van der Waals surface area (Å²) in [5.74, 6) is 0. The predicted molar refractivity (Wildman–Crippen MR) is 62.8 cm³/mol. The van der Waals surface area contributed by atoms with Crippen molar-refractivity contribution in [3.63, 3.8) is 0 Å². The second kappa shape index (κ2) is 4.25. The largest absolute Gasteiger partial charge is 0.298 e. The van der Waals surface area contributed by atoms with Crippen molar-refractivity contribution >= 4 is 16.1 Å². The molecule has 0 bridgehead atoms. The minimum atomic E-state index is -3.38. The molecular formula is C11H16N2O3S. The number of rotatable bonds is 5. The Morgan fingerprint density at radius 2 is 2.24 bits per heavy atom. The SMILES string of the molecule is CCC(C)n1ncc(C=O)c1S(=O)(=O)C1CC1. The van der Waals surface area contributed by atoms with Gasteiger partial charge in [-0.25, -0.2) is 8.42 Å². The minimum Gasteiger partial charge on any atom is -0.298 e. The van der Waals surface area contributed by atoms with Gasteiger partial charge in [-0.15, -0.1) is 0 Å². The highest BCUT2D eigenvalue weighted by Gasteiger charge is 2.41. The zero-order chi connectivity index (χ0) is 12.6. The Morgan fingerprint density at radius 3 is 2.71 bits per heavy atom. The first kappa shape index (κ1) is 12.3. The molecule has 1 aromatic rings. The first-order valence-corrected chi connectivity index (χ1v) is 7.33. The van der Waals surface area contributed by atoms with Gasteiger partial charge in [-0.3, -0.25) is 9.48 Å². The van der Waals surface area contributed by atoms with E-state index < -0.39 is 9.84 Å². The van der Waals surface area contributed by atoms with Gasteiger partial charge in [-0.05, 0) is 26.2 Å². The molecule has 1 aliphatic rings. The van der Waals surface area contributed by atoms with Crippen LogP contribution in [0.1, 0.15) is 49.5 Å². The van der Waals surface area contributed by atoms with Crippen molar-refractivity contribution in [2.45, 2.75) is 49.4 Å². The summed E-state index contributed by atoms with van der Waals surface area (Å²) in [4.78, 5) is 10.9. The minimum absolute atomic E-state index is 0.0211. The fourth-order valence-electron chi connectivity index (χ4n) is 1.76. The van der Waals surface area contributed by atoms with Gasteiger partial charge in [0, 0.05) is 0 Å². The third-order valence-corrected chi connectivity index (χ3v) is 5.46. The molecule has 0 aliphatic heterocycles. The molecule has 0 saturated heterocycles. The average Bonchev–Trinajstić information content (AvgIpc) is 3.07. The molecule has 0 aromatic carbocycles. The number of sulfone groups is 1. The van der Waals surface area contributed by atoms with E-state index in [1.807, 2.05) is 13.8 Å². The number of hydrogen-bond donors (Lipinski definition) is 0. The Balaban J connectivity index is 2.56. The molecule has 0 spiro atoms. The van der Waals surface area contributed by atoms with E-state index in [2.05, 4.69) is 5.10 Å². The highest BCUT2D eigenvalue weighted by atomic mass is 32.2. The molecule has 1 atom stereocenters. The van der Waals surface area contributed by atoms with Crippen molar-refractivity contribution in [1.82, 2.24) is 9.78 Å². The van der Waals surface area contributed by atoms with Gasteiger partial charge in [0.1, 0.15) is 0 Å². The van der Waals surface area contributed by atoms with Crippen LogP contribution in [-0.2, 0) is 9.84 Å². The molecule has 0 amide bonds. The molecule has 2 rings (SSSR count). The number of carbonyl (C=O) groups excluding carboxylic acids is 1. The van der Waals surface area contributed by atoms with Gasteiger partial charge in [-0.1, -0.05) is 6.92 Å². The number of hydrogen-bond acceptors (Lipinski definition) is 4. The van der Waals surface area contributed by atoms with Gasteiger partial charge in [-0.2, -0.15) is 5.10 Å². The number of aldehydes is 1. The van der Waals surface area contributed by atoms with Crippen LogP contribution in [-0.4, -0.2) is 29.7 Å². The molecule has 6 heteroatoms. The van der Waals surface area contributed by atoms with Gasteiger partial charge in [0.05, 0.1) is 23.1 Å². The molecule has 1 aromatic heterocycles. The van der Waals surface area contributed by atoms with E-state index in [1.54, 1.807) is 0 Å². The maximum absolute atomic E-state index is 12.3. The lowest BCUT2D eigenvalue weighted by Crippen LogP contribution is -2.18. The van der Waals surface area contributed by atoms with Crippen LogP contribution in [0.4, 0.5) is 0 Å². The zero-order valence-corrected chi connectivity index (χ0v) is 10.8. The van der Waals surface area contributed by atoms with E-state index in [4.69, 9.17) is 0 Å². The zero-order valence-electron chi connectivity index (χ0n) is 9.96. The Bertz CT molecular complexity index is 529. The van der Waals surface area contributed by atoms with Crippen molar-refractivity contribution in [1.29, 1.82) is 0 Å². The first-order valence-electron chi connectivity index (χ1n) is 5.79. The molecule has 5 nitrogen and oxygen atoms in total. The van der Waals surface area contributed by atoms with Gasteiger partial charge >= 0.3 is 0 Å². The smallest absolute Gasteiger partial charge is 0.198 e. The van der Waals surface area contributed by atoms with E-state index >= 15 is 0 Å². The standard InChI is InChI=1S/C11H16N2O3S/c1-3-8(2)13-11(9(7-14)6-12-13)17(15,16)10-4-5-10/h6-8,10H,3-5H2,1-2H3. The number of nitrogens with zero attached hydrogens (tertiary/aromatic N) is 2. The molecule has 94 valence electrons. The molecule has 1 saturated carbocycles. The third kappa shape index (κ3) is 2.01. The molecule has 1 heterocycles. The van der Waals surface area contributed by atoms with E-state index in [0.29, 0.717) is 19.1 Å². The first-order chi connectivity index (χ1) is 8.02. The van der Waals surface area contributed by atoms with Crippen LogP contribution in [0, 0.1) is 0 Å². The second-order valence-corrected chi connectivity index (χ2v) is 6.61. The van der Waals surface area contributed by atoms with Crippen LogP contribution >= 0.6 is 0 Å². The van der Waals surface area contributed by atoms with Crippen LogP contribution in [0.3, 0.4) is 0 Å². The molecule has 0 radical (unpaired) electrons. The molecule has 0 N–H and O–H groups in total. The summed E-state index contributed by atoms with van der Waals surface area (Å²) in [7, 11) is -3.38. The highest BCUT2D eigenvalue weighted by molar-refractivity contribution is 7.92. The van der Waals surface area contributed by atoms with Crippen LogP contribution < -0.4 is 0 Å². The lowest BCUT2D eigenvalue weighted by atomic mass is 10.3. The van der Waals surface area contributed by atoms with E-state index in [9.17, 15) is 13.2 Å². The van der Waals surface area contributed by atoms with Gasteiger partial charge < -0.3 is 0 Å². The molecule has 1 aliphatic carbocycles. The maximum atomic E-state index is 12.3. The fraction of sp³-hybridized carbons (Fsp3) is 0.636. The summed E-state index contributed by atoms with van der Waals surface area (Å²) >= 11 is 0. The van der Waals surface area contributed by atoms with E-state index in [0.717, 1.165) is 6.42 Å². The number of aromatic nitrogens is 2. The summed E-state index contributed by atoms with van der Waals surface area (Å²) in [5, 5.41) is 3.82. The van der Waals surface area contributed by atoms with Crippen molar-refractivity contribution in [3.05, 3.63) is 11.8 Å². The van der Waals surface area contributed by atoms with Crippen LogP contribution in [0.5, 0.6) is 0 Å². The number of carbonyl (C=O) groups is 1. The summed E-state index contributed by atoms with van der Waals surface area (Å²) in [6, 6.07) is -0.0211. The highest BCUT2D eigenvalue weighted by Crippen LogP contribution is 2.35. The van der Waals surface area contributed by atoms with Gasteiger partial charge in [0.15, 0.2) is 21.1 Å². The fourth-order valence-corrected chi connectivity index (χ4v) is 3.75. The maximum Gasteiger partial charge on any atom is 0.198 e. The second-order valence-electron chi connectivity index (χ2n) is 4.47. The molecule has 1 unspecified atom stereocenters. The lowest BCUT2D eigenvalue weighted by Gasteiger charge is -2.14. The quantitative estimate of drug-likeness (QED) is 0.750. The summed E-state index contributed by atoms with van der Waals surface area (Å²) in [6.45, 7) is 3.86. The van der Waals surface area contributed by atoms with Crippen molar-refractivity contribution in [3.8, 4) is 0 Å². The van der Waals surface area contributed by atoms with Gasteiger partial charge in [0.2, 0.25) is 0 Å². The topological polar surface area (TPSA) is 69.0 Å². The van der Waals surface area contributed by atoms with Gasteiger partial charge in [0.25, 0.3) is 0 Å². The Hall–Kier alpha value is -1.17. The lowest BCUT2D eigenvalue weighted by molar-refractivity contribution is 0.112. The monoisotopic (exact) mass is 256 g/mol. The Morgan fingerprint density at radius 1 is 1.59 bits per heavy atom. The van der Waals surface area contributed by atoms with Crippen molar-refractivity contribution in [2.24, 2.45) is 0 Å². The summed E-state index contributed by atoms with van der Waals surface area (Å²) < 4.78 is 26.0. The normalized spacial score (nSPS) is 18.0. The molecular weight excluding hydrogens is 240 g/mol. The van der Waals surface area contributed by atoms with Crippen LogP contribution in [0.15, 0.2) is 11.2 Å². The predicted octanol–water partition coefficient (Wildman–Crippen LogP) is 1.60. The Labute approximate surface area is 101 Å². The summed E-state index contributed by atoms with van der Waals surface area (Å²) in [6.07, 6.45) is 4.06. The van der Waals surface area contributed by atoms with Crippen molar-refractivity contribution in [2.75, 3.05) is 0 Å². The molecule has 17 heavy (non-hydrogen) atoms. The van der Waals surface area contributed by atoms with Crippen molar-refractivity contribution < 1.29 is 13.2 Å². The molecule has 1 fully saturated rings. The van der Waals surface area contributed by atoms with Crippen LogP contribution in [0.25, 0.3) is 0 Å². The van der Waals surface area contributed by atoms with Crippen LogP contribution in [0.2, 0.25) is 0 Å².